The predicted molar refractivity (Wildman–Crippen MR) is 79.7 cm³/mol. The van der Waals surface area contributed by atoms with E-state index in [9.17, 15) is 5.11 Å². The van der Waals surface area contributed by atoms with Gasteiger partial charge in [-0.2, -0.15) is 0 Å². The molecule has 1 aromatic carbocycles. The second-order valence-corrected chi connectivity index (χ2v) is 5.93. The summed E-state index contributed by atoms with van der Waals surface area (Å²) < 4.78 is 10.6. The van der Waals surface area contributed by atoms with E-state index < -0.39 is 5.60 Å². The van der Waals surface area contributed by atoms with Gasteiger partial charge in [-0.1, -0.05) is 11.6 Å². The van der Waals surface area contributed by atoms with Gasteiger partial charge in [0.15, 0.2) is 0 Å². The molecular formula is C15H22ClNO3. The fraction of sp³-hybridized carbons (Fsp3) is 0.600. The van der Waals surface area contributed by atoms with Crippen LogP contribution in [-0.2, 0) is 17.6 Å². The number of benzene rings is 1. The van der Waals surface area contributed by atoms with Gasteiger partial charge in [-0.25, -0.2) is 0 Å². The van der Waals surface area contributed by atoms with Crippen LogP contribution >= 0.6 is 11.6 Å². The molecule has 0 amide bonds. The Bertz CT molecular complexity index is 463. The van der Waals surface area contributed by atoms with Crippen LogP contribution in [0.2, 0.25) is 5.02 Å². The van der Waals surface area contributed by atoms with Crippen molar-refractivity contribution in [3.63, 3.8) is 0 Å². The van der Waals surface area contributed by atoms with E-state index in [4.69, 9.17) is 21.1 Å². The van der Waals surface area contributed by atoms with Crippen molar-refractivity contribution in [3.8, 4) is 5.75 Å². The standard InChI is InChI=1S/C15H22ClNO3/c1-15(18,10-17-4-6-19-2)9-12-8-13(16)7-11-3-5-20-14(11)12/h7-8,17-18H,3-6,9-10H2,1-2H3. The smallest absolute Gasteiger partial charge is 0.126 e. The lowest BCUT2D eigenvalue weighted by atomic mass is 9.94. The summed E-state index contributed by atoms with van der Waals surface area (Å²) >= 11 is 6.13. The first-order valence-corrected chi connectivity index (χ1v) is 7.26. The zero-order chi connectivity index (χ0) is 14.6. The van der Waals surface area contributed by atoms with Crippen molar-refractivity contribution in [2.45, 2.75) is 25.4 Å². The number of hydrogen-bond donors (Lipinski definition) is 2. The van der Waals surface area contributed by atoms with Crippen molar-refractivity contribution in [1.82, 2.24) is 5.32 Å². The Morgan fingerprint density at radius 3 is 3.05 bits per heavy atom. The van der Waals surface area contributed by atoms with E-state index >= 15 is 0 Å². The third-order valence-electron chi connectivity index (χ3n) is 3.39. The summed E-state index contributed by atoms with van der Waals surface area (Å²) in [7, 11) is 1.66. The number of hydrogen-bond acceptors (Lipinski definition) is 4. The first-order valence-electron chi connectivity index (χ1n) is 6.88. The summed E-state index contributed by atoms with van der Waals surface area (Å²) in [5.74, 6) is 0.895. The van der Waals surface area contributed by atoms with Gasteiger partial charge in [-0.05, 0) is 30.2 Å². The molecule has 0 saturated carbocycles. The summed E-state index contributed by atoms with van der Waals surface area (Å²) in [6, 6.07) is 3.83. The third kappa shape index (κ3) is 4.09. The molecular weight excluding hydrogens is 278 g/mol. The molecule has 1 heterocycles. The first-order chi connectivity index (χ1) is 9.52. The highest BCUT2D eigenvalue weighted by atomic mass is 35.5. The number of methoxy groups -OCH3 is 1. The largest absolute Gasteiger partial charge is 0.493 e. The van der Waals surface area contributed by atoms with Gasteiger partial charge in [0, 0.05) is 38.1 Å². The molecule has 4 nitrogen and oxygen atoms in total. The SMILES string of the molecule is COCCNCC(C)(O)Cc1cc(Cl)cc2c1OCC2. The molecule has 2 N–H and O–H groups in total. The van der Waals surface area contributed by atoms with Gasteiger partial charge >= 0.3 is 0 Å². The topological polar surface area (TPSA) is 50.7 Å². The minimum absolute atomic E-state index is 0.498. The quantitative estimate of drug-likeness (QED) is 0.754. The summed E-state index contributed by atoms with van der Waals surface area (Å²) in [4.78, 5) is 0. The van der Waals surface area contributed by atoms with E-state index in [2.05, 4.69) is 5.32 Å². The summed E-state index contributed by atoms with van der Waals surface area (Å²) in [5.41, 5.74) is 1.26. The van der Waals surface area contributed by atoms with Gasteiger partial charge in [-0.3, -0.25) is 0 Å². The molecule has 1 atom stereocenters. The van der Waals surface area contributed by atoms with Crippen molar-refractivity contribution in [3.05, 3.63) is 28.3 Å². The number of aliphatic hydroxyl groups is 1. The summed E-state index contributed by atoms with van der Waals surface area (Å²) in [6.45, 7) is 4.35. The minimum Gasteiger partial charge on any atom is -0.493 e. The van der Waals surface area contributed by atoms with Gasteiger partial charge in [-0.15, -0.1) is 0 Å². The van der Waals surface area contributed by atoms with Crippen LogP contribution in [0.3, 0.4) is 0 Å². The molecule has 0 saturated heterocycles. The van der Waals surface area contributed by atoms with Crippen LogP contribution in [0.5, 0.6) is 5.75 Å². The van der Waals surface area contributed by atoms with Crippen LogP contribution in [0, 0.1) is 0 Å². The molecule has 1 aliphatic rings. The van der Waals surface area contributed by atoms with Gasteiger partial charge in [0.1, 0.15) is 5.75 Å². The maximum absolute atomic E-state index is 10.5. The Morgan fingerprint density at radius 1 is 1.50 bits per heavy atom. The van der Waals surface area contributed by atoms with Gasteiger partial charge in [0.25, 0.3) is 0 Å². The fourth-order valence-corrected chi connectivity index (χ4v) is 2.75. The van der Waals surface area contributed by atoms with E-state index in [1.807, 2.05) is 19.1 Å². The van der Waals surface area contributed by atoms with Crippen molar-refractivity contribution in [2.24, 2.45) is 0 Å². The molecule has 20 heavy (non-hydrogen) atoms. The van der Waals surface area contributed by atoms with Crippen molar-refractivity contribution in [1.29, 1.82) is 0 Å². The molecule has 5 heteroatoms. The first kappa shape index (κ1) is 15.6. The monoisotopic (exact) mass is 299 g/mol. The molecule has 0 spiro atoms. The molecule has 1 aromatic rings. The van der Waals surface area contributed by atoms with Gasteiger partial charge in [0.2, 0.25) is 0 Å². The molecule has 0 bridgehead atoms. The molecule has 112 valence electrons. The maximum atomic E-state index is 10.5. The predicted octanol–water partition coefficient (Wildman–Crippen LogP) is 1.80. The fourth-order valence-electron chi connectivity index (χ4n) is 2.48. The van der Waals surface area contributed by atoms with E-state index in [0.717, 1.165) is 29.8 Å². The number of rotatable bonds is 7. The zero-order valence-electron chi connectivity index (χ0n) is 12.0. The average molecular weight is 300 g/mol. The molecule has 2 rings (SSSR count). The summed E-state index contributed by atoms with van der Waals surface area (Å²) in [6.07, 6.45) is 1.40. The van der Waals surface area contributed by atoms with Crippen LogP contribution in [0.15, 0.2) is 12.1 Å². The van der Waals surface area contributed by atoms with E-state index in [-0.39, 0.29) is 0 Å². The lowest BCUT2D eigenvalue weighted by Crippen LogP contribution is -2.40. The second-order valence-electron chi connectivity index (χ2n) is 5.49. The third-order valence-corrected chi connectivity index (χ3v) is 3.60. The molecule has 0 fully saturated rings. The Hall–Kier alpha value is -0.810. The summed E-state index contributed by atoms with van der Waals surface area (Å²) in [5, 5.41) is 14.4. The van der Waals surface area contributed by atoms with Gasteiger partial charge < -0.3 is 19.9 Å². The molecule has 0 aromatic heterocycles. The Morgan fingerprint density at radius 2 is 2.30 bits per heavy atom. The minimum atomic E-state index is -0.849. The highest BCUT2D eigenvalue weighted by Gasteiger charge is 2.25. The number of nitrogens with one attached hydrogen (secondary N) is 1. The van der Waals surface area contributed by atoms with Crippen molar-refractivity contribution >= 4 is 11.6 Å². The van der Waals surface area contributed by atoms with Crippen LogP contribution in [0.25, 0.3) is 0 Å². The van der Waals surface area contributed by atoms with Crippen LogP contribution < -0.4 is 10.1 Å². The highest BCUT2D eigenvalue weighted by molar-refractivity contribution is 6.30. The number of ether oxygens (including phenoxy) is 2. The normalized spacial score (nSPS) is 16.6. The molecule has 1 unspecified atom stereocenters. The Balaban J connectivity index is 2.02. The lowest BCUT2D eigenvalue weighted by Gasteiger charge is -2.25. The van der Waals surface area contributed by atoms with Crippen molar-refractivity contribution in [2.75, 3.05) is 33.4 Å². The molecule has 0 aliphatic carbocycles. The van der Waals surface area contributed by atoms with Gasteiger partial charge in [0.05, 0.1) is 18.8 Å². The zero-order valence-corrected chi connectivity index (χ0v) is 12.8. The lowest BCUT2D eigenvalue weighted by molar-refractivity contribution is 0.0575. The highest BCUT2D eigenvalue weighted by Crippen LogP contribution is 2.34. The van der Waals surface area contributed by atoms with Crippen LogP contribution in [0.1, 0.15) is 18.1 Å². The van der Waals surface area contributed by atoms with Crippen LogP contribution in [0.4, 0.5) is 0 Å². The van der Waals surface area contributed by atoms with E-state index in [0.29, 0.717) is 31.2 Å². The number of fused-ring (bicyclic) bond motifs is 1. The number of halogens is 1. The molecule has 1 aliphatic heterocycles. The van der Waals surface area contributed by atoms with Crippen LogP contribution in [-0.4, -0.2) is 44.1 Å². The Kier molecular flexibility index (Phi) is 5.27. The Labute approximate surface area is 125 Å². The maximum Gasteiger partial charge on any atom is 0.126 e. The van der Waals surface area contributed by atoms with E-state index in [1.165, 1.54) is 0 Å². The van der Waals surface area contributed by atoms with E-state index in [1.54, 1.807) is 7.11 Å². The average Bonchev–Trinajstić information content (AvgIpc) is 2.82. The molecule has 0 radical (unpaired) electrons. The second kappa shape index (κ2) is 6.76. The van der Waals surface area contributed by atoms with Crippen molar-refractivity contribution < 1.29 is 14.6 Å².